The summed E-state index contributed by atoms with van der Waals surface area (Å²) in [7, 11) is 0. The first-order valence-electron chi connectivity index (χ1n) is 10.1. The molecule has 0 saturated heterocycles. The van der Waals surface area contributed by atoms with Crippen molar-refractivity contribution < 1.29 is 14.7 Å². The van der Waals surface area contributed by atoms with Crippen molar-refractivity contribution in [3.8, 4) is 11.1 Å². The topological polar surface area (TPSA) is 102 Å². The molecule has 7 heteroatoms. The Bertz CT molecular complexity index is 1140. The van der Waals surface area contributed by atoms with E-state index in [1.807, 2.05) is 49.4 Å². The number of amidine groups is 1. The van der Waals surface area contributed by atoms with Crippen LogP contribution in [0.1, 0.15) is 33.5 Å². The standard InChI is InChI=1S/C25H24ClN3O3/c1-16-14-19(10-11-20(16)21-4-2-3-5-22(21)26)25(32)29-24(27)18-8-6-17(7-9-18)15-28-13-12-23(30)31/h2-11,14,28H,12-13,15H2,1H3,(H,30,31)(H2,27,29,32). The summed E-state index contributed by atoms with van der Waals surface area (Å²) in [5.41, 5.74) is 4.78. The van der Waals surface area contributed by atoms with Gasteiger partial charge in [-0.3, -0.25) is 15.0 Å². The van der Waals surface area contributed by atoms with Crippen LogP contribution in [-0.2, 0) is 11.3 Å². The van der Waals surface area contributed by atoms with Gasteiger partial charge in [0, 0.05) is 34.8 Å². The third kappa shape index (κ3) is 6.03. The highest BCUT2D eigenvalue weighted by atomic mass is 35.5. The average Bonchev–Trinajstić information content (AvgIpc) is 2.77. The number of aliphatic carboxylic acids is 1. The van der Waals surface area contributed by atoms with E-state index in [1.165, 1.54) is 0 Å². The predicted molar refractivity (Wildman–Crippen MR) is 126 cm³/mol. The van der Waals surface area contributed by atoms with Gasteiger partial charge in [0.2, 0.25) is 0 Å². The molecule has 3 aromatic carbocycles. The zero-order chi connectivity index (χ0) is 23.1. The van der Waals surface area contributed by atoms with Crippen molar-refractivity contribution in [1.82, 2.24) is 10.6 Å². The Morgan fingerprint density at radius 2 is 1.66 bits per heavy atom. The van der Waals surface area contributed by atoms with Gasteiger partial charge in [-0.05, 0) is 41.8 Å². The lowest BCUT2D eigenvalue weighted by Gasteiger charge is -2.12. The molecule has 0 bridgehead atoms. The molecular weight excluding hydrogens is 426 g/mol. The van der Waals surface area contributed by atoms with E-state index in [4.69, 9.17) is 22.1 Å². The van der Waals surface area contributed by atoms with Gasteiger partial charge in [0.1, 0.15) is 5.84 Å². The molecular formula is C25H24ClN3O3. The molecule has 6 nitrogen and oxygen atoms in total. The zero-order valence-corrected chi connectivity index (χ0v) is 18.4. The lowest BCUT2D eigenvalue weighted by atomic mass is 9.98. The lowest BCUT2D eigenvalue weighted by Crippen LogP contribution is -2.30. The summed E-state index contributed by atoms with van der Waals surface area (Å²) >= 11 is 6.29. The zero-order valence-electron chi connectivity index (χ0n) is 17.6. The highest BCUT2D eigenvalue weighted by Gasteiger charge is 2.13. The Labute approximate surface area is 191 Å². The third-order valence-electron chi connectivity index (χ3n) is 4.98. The number of aryl methyl sites for hydroxylation is 1. The first-order chi connectivity index (χ1) is 15.3. The summed E-state index contributed by atoms with van der Waals surface area (Å²) in [6, 6.07) is 20.1. The molecule has 0 atom stereocenters. The molecule has 0 aliphatic rings. The van der Waals surface area contributed by atoms with Gasteiger partial charge in [0.25, 0.3) is 5.91 Å². The highest BCUT2D eigenvalue weighted by Crippen LogP contribution is 2.30. The third-order valence-corrected chi connectivity index (χ3v) is 5.31. The summed E-state index contributed by atoms with van der Waals surface area (Å²) in [4.78, 5) is 23.2. The van der Waals surface area contributed by atoms with E-state index in [-0.39, 0.29) is 18.2 Å². The molecule has 32 heavy (non-hydrogen) atoms. The minimum atomic E-state index is -0.842. The van der Waals surface area contributed by atoms with Crippen LogP contribution in [0, 0.1) is 12.3 Å². The van der Waals surface area contributed by atoms with Gasteiger partial charge < -0.3 is 15.7 Å². The summed E-state index contributed by atoms with van der Waals surface area (Å²) in [6.45, 7) is 2.84. The summed E-state index contributed by atoms with van der Waals surface area (Å²) < 4.78 is 0. The molecule has 3 rings (SSSR count). The van der Waals surface area contributed by atoms with Crippen molar-refractivity contribution in [2.24, 2.45) is 0 Å². The maximum atomic E-state index is 12.7. The second-order valence-corrected chi connectivity index (χ2v) is 7.76. The van der Waals surface area contributed by atoms with Gasteiger partial charge in [0.05, 0.1) is 6.42 Å². The minimum absolute atomic E-state index is 0.00761. The summed E-state index contributed by atoms with van der Waals surface area (Å²) in [5.74, 6) is -1.19. The van der Waals surface area contributed by atoms with Crippen LogP contribution in [0.25, 0.3) is 11.1 Å². The number of nitrogens with one attached hydrogen (secondary N) is 3. The van der Waals surface area contributed by atoms with Crippen LogP contribution in [0.5, 0.6) is 0 Å². The molecule has 0 aromatic heterocycles. The van der Waals surface area contributed by atoms with E-state index in [0.717, 1.165) is 22.3 Å². The number of amides is 1. The number of rotatable bonds is 8. The molecule has 0 aliphatic heterocycles. The van der Waals surface area contributed by atoms with Crippen LogP contribution in [0.15, 0.2) is 66.7 Å². The molecule has 0 heterocycles. The van der Waals surface area contributed by atoms with Gasteiger partial charge in [-0.1, -0.05) is 60.1 Å². The smallest absolute Gasteiger partial charge is 0.304 e. The number of hydrogen-bond acceptors (Lipinski definition) is 4. The second kappa shape index (κ2) is 10.7. The number of carbonyl (C=O) groups is 2. The molecule has 4 N–H and O–H groups in total. The quantitative estimate of drug-likeness (QED) is 0.228. The van der Waals surface area contributed by atoms with Gasteiger partial charge in [-0.2, -0.15) is 0 Å². The van der Waals surface area contributed by atoms with Crippen molar-refractivity contribution in [2.75, 3.05) is 6.54 Å². The maximum absolute atomic E-state index is 12.7. The fourth-order valence-corrected chi connectivity index (χ4v) is 3.50. The molecule has 0 fully saturated rings. The number of benzene rings is 3. The van der Waals surface area contributed by atoms with Crippen molar-refractivity contribution in [3.05, 3.63) is 94.0 Å². The normalized spacial score (nSPS) is 10.6. The fraction of sp³-hybridized carbons (Fsp3) is 0.160. The summed E-state index contributed by atoms with van der Waals surface area (Å²) in [5, 5.41) is 23.2. The number of carboxylic acid groups (broad SMARTS) is 1. The first-order valence-corrected chi connectivity index (χ1v) is 10.5. The summed E-state index contributed by atoms with van der Waals surface area (Å²) in [6.07, 6.45) is 0.0631. The number of halogens is 1. The van der Waals surface area contributed by atoms with Gasteiger partial charge in [0.15, 0.2) is 0 Å². The molecule has 0 unspecified atom stereocenters. The molecule has 0 aliphatic carbocycles. The average molecular weight is 450 g/mol. The Kier molecular flexibility index (Phi) is 7.76. The lowest BCUT2D eigenvalue weighted by molar-refractivity contribution is -0.136. The van der Waals surface area contributed by atoms with E-state index in [2.05, 4.69) is 10.6 Å². The van der Waals surface area contributed by atoms with Gasteiger partial charge in [-0.25, -0.2) is 0 Å². The van der Waals surface area contributed by atoms with Crippen LogP contribution in [0.2, 0.25) is 5.02 Å². The van der Waals surface area contributed by atoms with Crippen LogP contribution in [-0.4, -0.2) is 29.4 Å². The van der Waals surface area contributed by atoms with Crippen LogP contribution in [0.4, 0.5) is 0 Å². The number of carbonyl (C=O) groups excluding carboxylic acids is 1. The van der Waals surface area contributed by atoms with E-state index in [1.54, 1.807) is 24.3 Å². The fourth-order valence-electron chi connectivity index (χ4n) is 3.26. The molecule has 164 valence electrons. The van der Waals surface area contributed by atoms with Crippen molar-refractivity contribution in [2.45, 2.75) is 19.9 Å². The highest BCUT2D eigenvalue weighted by molar-refractivity contribution is 6.33. The molecule has 1 amide bonds. The van der Waals surface area contributed by atoms with Crippen molar-refractivity contribution >= 4 is 29.3 Å². The Hall–Kier alpha value is -3.48. The minimum Gasteiger partial charge on any atom is -0.481 e. The van der Waals surface area contributed by atoms with E-state index >= 15 is 0 Å². The molecule has 0 radical (unpaired) electrons. The SMILES string of the molecule is Cc1cc(C(=O)NC(=N)c2ccc(CNCCC(=O)O)cc2)ccc1-c1ccccc1Cl. The molecule has 0 saturated carbocycles. The van der Waals surface area contributed by atoms with Crippen molar-refractivity contribution in [1.29, 1.82) is 5.41 Å². The number of hydrogen-bond donors (Lipinski definition) is 4. The van der Waals surface area contributed by atoms with Crippen LogP contribution < -0.4 is 10.6 Å². The van der Waals surface area contributed by atoms with Gasteiger partial charge >= 0.3 is 5.97 Å². The Balaban J connectivity index is 1.62. The van der Waals surface area contributed by atoms with Crippen LogP contribution >= 0.6 is 11.6 Å². The molecule has 3 aromatic rings. The van der Waals surface area contributed by atoms with E-state index in [0.29, 0.717) is 29.2 Å². The monoisotopic (exact) mass is 449 g/mol. The van der Waals surface area contributed by atoms with E-state index in [9.17, 15) is 9.59 Å². The first kappa shape index (κ1) is 23.2. The van der Waals surface area contributed by atoms with Crippen molar-refractivity contribution in [3.63, 3.8) is 0 Å². The Morgan fingerprint density at radius 1 is 0.969 bits per heavy atom. The van der Waals surface area contributed by atoms with Gasteiger partial charge in [-0.15, -0.1) is 0 Å². The second-order valence-electron chi connectivity index (χ2n) is 7.36. The molecule has 0 spiro atoms. The predicted octanol–water partition coefficient (Wildman–Crippen LogP) is 4.64. The maximum Gasteiger partial charge on any atom is 0.304 e. The van der Waals surface area contributed by atoms with Crippen LogP contribution in [0.3, 0.4) is 0 Å². The van der Waals surface area contributed by atoms with E-state index < -0.39 is 5.97 Å². The Morgan fingerprint density at radius 3 is 2.31 bits per heavy atom. The largest absolute Gasteiger partial charge is 0.481 e. The number of carboxylic acids is 1.